The van der Waals surface area contributed by atoms with E-state index in [0.717, 1.165) is 13.0 Å². The molecule has 0 radical (unpaired) electrons. The summed E-state index contributed by atoms with van der Waals surface area (Å²) in [4.78, 5) is 7.87. The highest BCUT2D eigenvalue weighted by Gasteiger charge is 1.91. The molecular formula is C5H8N2. The van der Waals surface area contributed by atoms with Crippen molar-refractivity contribution in [1.82, 2.24) is 0 Å². The zero-order valence-electron chi connectivity index (χ0n) is 4.39. The van der Waals surface area contributed by atoms with Crippen LogP contribution in [0.15, 0.2) is 9.98 Å². The maximum absolute atomic E-state index is 3.95. The molecule has 0 unspecified atom stereocenters. The first kappa shape index (κ1) is 4.50. The van der Waals surface area contributed by atoms with Crippen molar-refractivity contribution in [2.75, 3.05) is 6.54 Å². The number of rotatable bonds is 0. The van der Waals surface area contributed by atoms with E-state index < -0.39 is 0 Å². The van der Waals surface area contributed by atoms with Gasteiger partial charge < -0.3 is 0 Å². The monoisotopic (exact) mass is 96.1 g/mol. The molecule has 0 N–H and O–H groups in total. The van der Waals surface area contributed by atoms with Gasteiger partial charge in [-0.05, 0) is 6.92 Å². The van der Waals surface area contributed by atoms with Crippen LogP contribution < -0.4 is 0 Å². The summed E-state index contributed by atoms with van der Waals surface area (Å²) in [7, 11) is 0. The lowest BCUT2D eigenvalue weighted by atomic mass is 10.3. The Morgan fingerprint density at radius 2 is 2.57 bits per heavy atom. The predicted octanol–water partition coefficient (Wildman–Crippen LogP) is 0.879. The summed E-state index contributed by atoms with van der Waals surface area (Å²) in [5.41, 5.74) is 1.19. The molecule has 0 bridgehead atoms. The molecule has 0 aromatic heterocycles. The molecule has 0 saturated heterocycles. The topological polar surface area (TPSA) is 24.7 Å². The van der Waals surface area contributed by atoms with Crippen LogP contribution in [0.4, 0.5) is 0 Å². The van der Waals surface area contributed by atoms with E-state index >= 15 is 0 Å². The summed E-state index contributed by atoms with van der Waals surface area (Å²) in [6, 6.07) is 0. The second kappa shape index (κ2) is 1.87. The van der Waals surface area contributed by atoms with E-state index in [0.29, 0.717) is 0 Å². The number of hydrogen-bond acceptors (Lipinski definition) is 2. The molecule has 1 rings (SSSR count). The van der Waals surface area contributed by atoms with Crippen molar-refractivity contribution < 1.29 is 0 Å². The van der Waals surface area contributed by atoms with Crippen LogP contribution in [0, 0.1) is 0 Å². The van der Waals surface area contributed by atoms with Crippen molar-refractivity contribution in [3.05, 3.63) is 0 Å². The van der Waals surface area contributed by atoms with Crippen molar-refractivity contribution in [1.29, 1.82) is 0 Å². The predicted molar refractivity (Wildman–Crippen MR) is 31.1 cm³/mol. The molecule has 1 aliphatic heterocycles. The van der Waals surface area contributed by atoms with Gasteiger partial charge in [-0.2, -0.15) is 0 Å². The summed E-state index contributed by atoms with van der Waals surface area (Å²) in [5.74, 6) is 0. The Hall–Kier alpha value is -0.660. The van der Waals surface area contributed by atoms with Gasteiger partial charge in [0, 0.05) is 18.7 Å². The Kier molecular flexibility index (Phi) is 1.20. The van der Waals surface area contributed by atoms with Crippen LogP contribution in [-0.2, 0) is 0 Å². The molecular weight excluding hydrogens is 88.1 g/mol. The highest BCUT2D eigenvalue weighted by atomic mass is 14.9. The molecule has 38 valence electrons. The summed E-state index contributed by atoms with van der Waals surface area (Å²) in [6.45, 7) is 2.94. The molecule has 2 nitrogen and oxygen atoms in total. The smallest absolute Gasteiger partial charge is 0.109 e. The lowest BCUT2D eigenvalue weighted by Crippen LogP contribution is -1.99. The van der Waals surface area contributed by atoms with Crippen molar-refractivity contribution in [3.63, 3.8) is 0 Å². The third kappa shape index (κ3) is 1.11. The van der Waals surface area contributed by atoms with Crippen LogP contribution in [0.3, 0.4) is 0 Å². The van der Waals surface area contributed by atoms with Crippen LogP contribution in [0.2, 0.25) is 0 Å². The Balaban J connectivity index is 2.57. The van der Waals surface area contributed by atoms with Gasteiger partial charge in [0.15, 0.2) is 0 Å². The highest BCUT2D eigenvalue weighted by molar-refractivity contribution is 5.90. The van der Waals surface area contributed by atoms with Gasteiger partial charge in [0.1, 0.15) is 6.34 Å². The zero-order chi connectivity index (χ0) is 5.11. The second-order valence-corrected chi connectivity index (χ2v) is 1.64. The van der Waals surface area contributed by atoms with Crippen LogP contribution in [0.5, 0.6) is 0 Å². The molecule has 7 heavy (non-hydrogen) atoms. The average Bonchev–Trinajstić information content (AvgIpc) is 1.69. The third-order valence-corrected chi connectivity index (χ3v) is 0.962. The van der Waals surface area contributed by atoms with E-state index in [-0.39, 0.29) is 0 Å². The average molecular weight is 96.1 g/mol. The molecule has 0 aromatic rings. The Bertz CT molecular complexity index is 113. The fourth-order valence-electron chi connectivity index (χ4n) is 0.488. The van der Waals surface area contributed by atoms with Crippen LogP contribution in [0.25, 0.3) is 0 Å². The molecule has 0 atom stereocenters. The molecule has 1 aliphatic rings. The third-order valence-electron chi connectivity index (χ3n) is 0.962. The maximum atomic E-state index is 3.95. The molecule has 1 heterocycles. The highest BCUT2D eigenvalue weighted by Crippen LogP contribution is 1.90. The van der Waals surface area contributed by atoms with Gasteiger partial charge in [-0.25, -0.2) is 4.99 Å². The van der Waals surface area contributed by atoms with Crippen LogP contribution in [0.1, 0.15) is 13.3 Å². The molecule has 0 aromatic carbocycles. The van der Waals surface area contributed by atoms with Gasteiger partial charge in [-0.1, -0.05) is 0 Å². The van der Waals surface area contributed by atoms with Crippen molar-refractivity contribution in [2.24, 2.45) is 9.98 Å². The first-order valence-electron chi connectivity index (χ1n) is 2.41. The largest absolute Gasteiger partial charge is 0.273 e. The minimum absolute atomic E-state index is 0.926. The number of nitrogens with zero attached hydrogens (tertiary/aromatic N) is 2. The van der Waals surface area contributed by atoms with Gasteiger partial charge >= 0.3 is 0 Å². The van der Waals surface area contributed by atoms with E-state index in [2.05, 4.69) is 9.98 Å². The zero-order valence-corrected chi connectivity index (χ0v) is 4.39. The first-order valence-corrected chi connectivity index (χ1v) is 2.41. The second-order valence-electron chi connectivity index (χ2n) is 1.64. The number of hydrogen-bond donors (Lipinski definition) is 0. The maximum Gasteiger partial charge on any atom is 0.109 e. The Morgan fingerprint density at radius 3 is 2.86 bits per heavy atom. The van der Waals surface area contributed by atoms with E-state index in [1.807, 2.05) is 6.92 Å². The standard InChI is InChI=1S/C5H8N2/c1-5-2-3-6-4-7-5/h4H,2-3H2,1H3. The SMILES string of the molecule is CC1=NC=NCC1. The van der Waals surface area contributed by atoms with Crippen LogP contribution in [-0.4, -0.2) is 18.6 Å². The molecule has 0 aliphatic carbocycles. The minimum Gasteiger partial charge on any atom is -0.273 e. The van der Waals surface area contributed by atoms with Crippen molar-refractivity contribution in [3.8, 4) is 0 Å². The van der Waals surface area contributed by atoms with Crippen LogP contribution >= 0.6 is 0 Å². The quantitative estimate of drug-likeness (QED) is 0.427. The van der Waals surface area contributed by atoms with Gasteiger partial charge in [-0.15, -0.1) is 0 Å². The fraction of sp³-hybridized carbons (Fsp3) is 0.600. The normalized spacial score (nSPS) is 19.3. The van der Waals surface area contributed by atoms with E-state index in [1.54, 1.807) is 6.34 Å². The fourth-order valence-corrected chi connectivity index (χ4v) is 0.488. The number of aliphatic imine (C=N–C) groups is 2. The minimum atomic E-state index is 0.926. The lowest BCUT2D eigenvalue weighted by molar-refractivity contribution is 1.02. The summed E-state index contributed by atoms with van der Waals surface area (Å²) < 4.78 is 0. The summed E-state index contributed by atoms with van der Waals surface area (Å²) >= 11 is 0. The molecule has 0 spiro atoms. The van der Waals surface area contributed by atoms with Gasteiger partial charge in [0.2, 0.25) is 0 Å². The van der Waals surface area contributed by atoms with E-state index in [4.69, 9.17) is 0 Å². The summed E-state index contributed by atoms with van der Waals surface area (Å²) in [6.07, 6.45) is 2.66. The molecule has 0 saturated carbocycles. The summed E-state index contributed by atoms with van der Waals surface area (Å²) in [5, 5.41) is 0. The van der Waals surface area contributed by atoms with E-state index in [1.165, 1.54) is 5.71 Å². The molecule has 0 amide bonds. The molecule has 2 heteroatoms. The van der Waals surface area contributed by atoms with Gasteiger partial charge in [-0.3, -0.25) is 4.99 Å². The molecule has 0 fully saturated rings. The van der Waals surface area contributed by atoms with Crippen molar-refractivity contribution >= 4 is 12.1 Å². The lowest BCUT2D eigenvalue weighted by Gasteiger charge is -1.97. The first-order chi connectivity index (χ1) is 3.39. The van der Waals surface area contributed by atoms with E-state index in [9.17, 15) is 0 Å². The van der Waals surface area contributed by atoms with Crippen molar-refractivity contribution in [2.45, 2.75) is 13.3 Å². The Labute approximate surface area is 43.0 Å². The Morgan fingerprint density at radius 1 is 1.71 bits per heavy atom. The van der Waals surface area contributed by atoms with Gasteiger partial charge in [0.05, 0.1) is 0 Å². The van der Waals surface area contributed by atoms with Gasteiger partial charge in [0.25, 0.3) is 0 Å².